The summed E-state index contributed by atoms with van der Waals surface area (Å²) in [6.07, 6.45) is 1.62. The summed E-state index contributed by atoms with van der Waals surface area (Å²) in [6.45, 7) is 2.89. The molecule has 1 aromatic carbocycles. The van der Waals surface area contributed by atoms with E-state index in [9.17, 15) is 9.59 Å². The highest BCUT2D eigenvalue weighted by atomic mass is 32.2. The molecule has 7 heteroatoms. The number of carbonyl (C=O) groups excluding carboxylic acids is 2. The van der Waals surface area contributed by atoms with Crippen molar-refractivity contribution in [1.29, 1.82) is 0 Å². The van der Waals surface area contributed by atoms with Gasteiger partial charge in [-0.2, -0.15) is 0 Å². The van der Waals surface area contributed by atoms with Crippen molar-refractivity contribution in [3.8, 4) is 0 Å². The van der Waals surface area contributed by atoms with Gasteiger partial charge in [-0.3, -0.25) is 9.59 Å². The Morgan fingerprint density at radius 3 is 2.62 bits per heavy atom. The predicted molar refractivity (Wildman–Crippen MR) is 97.6 cm³/mol. The first-order valence-electron chi connectivity index (χ1n) is 8.63. The molecular weight excluding hydrogens is 352 g/mol. The smallest absolute Gasteiger partial charge is 0.254 e. The zero-order valence-corrected chi connectivity index (χ0v) is 15.1. The van der Waals surface area contributed by atoms with Gasteiger partial charge < -0.3 is 19.0 Å². The van der Waals surface area contributed by atoms with Crippen LogP contribution in [-0.4, -0.2) is 53.7 Å². The molecule has 0 radical (unpaired) electrons. The van der Waals surface area contributed by atoms with E-state index in [0.717, 1.165) is 11.3 Å². The SMILES string of the molecule is O=C(c1ccc([C@H]2SCC(=O)N2Cc2ccco2)cc1)N1CCOCC1. The minimum atomic E-state index is -0.0554. The summed E-state index contributed by atoms with van der Waals surface area (Å²) >= 11 is 1.60. The van der Waals surface area contributed by atoms with E-state index < -0.39 is 0 Å². The number of rotatable bonds is 4. The number of amides is 2. The van der Waals surface area contributed by atoms with Crippen LogP contribution in [0.15, 0.2) is 47.1 Å². The van der Waals surface area contributed by atoms with Gasteiger partial charge in [0.05, 0.1) is 31.8 Å². The van der Waals surface area contributed by atoms with Crippen LogP contribution in [0, 0.1) is 0 Å². The molecule has 0 spiro atoms. The van der Waals surface area contributed by atoms with Gasteiger partial charge >= 0.3 is 0 Å². The summed E-state index contributed by atoms with van der Waals surface area (Å²) in [5.41, 5.74) is 1.69. The van der Waals surface area contributed by atoms with Crippen LogP contribution >= 0.6 is 11.8 Å². The number of ether oxygens (including phenoxy) is 1. The van der Waals surface area contributed by atoms with E-state index in [1.807, 2.05) is 46.2 Å². The normalized spacial score (nSPS) is 20.6. The lowest BCUT2D eigenvalue weighted by atomic mass is 10.1. The number of thioether (sulfide) groups is 1. The molecule has 0 saturated carbocycles. The Hall–Kier alpha value is -2.25. The van der Waals surface area contributed by atoms with E-state index in [1.54, 1.807) is 18.0 Å². The third-order valence-electron chi connectivity index (χ3n) is 4.62. The Labute approximate surface area is 156 Å². The van der Waals surface area contributed by atoms with Crippen LogP contribution in [-0.2, 0) is 16.1 Å². The van der Waals surface area contributed by atoms with Crippen LogP contribution in [0.5, 0.6) is 0 Å². The predicted octanol–water partition coefficient (Wildman–Crippen LogP) is 2.53. The van der Waals surface area contributed by atoms with Crippen LogP contribution < -0.4 is 0 Å². The van der Waals surface area contributed by atoms with Gasteiger partial charge in [0.1, 0.15) is 11.1 Å². The van der Waals surface area contributed by atoms with Crippen molar-refractivity contribution in [3.63, 3.8) is 0 Å². The maximum Gasteiger partial charge on any atom is 0.254 e. The molecule has 3 heterocycles. The van der Waals surface area contributed by atoms with Gasteiger partial charge in [0, 0.05) is 18.7 Å². The second-order valence-electron chi connectivity index (χ2n) is 6.29. The monoisotopic (exact) mass is 372 g/mol. The molecule has 1 atom stereocenters. The van der Waals surface area contributed by atoms with Gasteiger partial charge in [0.25, 0.3) is 5.91 Å². The standard InChI is InChI=1S/C19H20N2O4S/c22-17-13-26-19(21(17)12-16-2-1-9-25-16)15-5-3-14(4-6-15)18(23)20-7-10-24-11-8-20/h1-6,9,19H,7-8,10-13H2/t19-/m1/s1. The van der Waals surface area contributed by atoms with Crippen LogP contribution in [0.3, 0.4) is 0 Å². The van der Waals surface area contributed by atoms with Crippen molar-refractivity contribution in [2.24, 2.45) is 0 Å². The maximum absolute atomic E-state index is 12.5. The van der Waals surface area contributed by atoms with Crippen molar-refractivity contribution < 1.29 is 18.7 Å². The minimum Gasteiger partial charge on any atom is -0.467 e. The number of nitrogens with zero attached hydrogens (tertiary/aromatic N) is 2. The molecule has 1 aromatic heterocycles. The Morgan fingerprint density at radius 2 is 1.92 bits per heavy atom. The lowest BCUT2D eigenvalue weighted by Crippen LogP contribution is -2.40. The molecule has 2 aromatic rings. The number of carbonyl (C=O) groups is 2. The maximum atomic E-state index is 12.5. The number of hydrogen-bond acceptors (Lipinski definition) is 5. The van der Waals surface area contributed by atoms with Crippen LogP contribution in [0.1, 0.15) is 27.1 Å². The highest BCUT2D eigenvalue weighted by molar-refractivity contribution is 8.00. The quantitative estimate of drug-likeness (QED) is 0.825. The van der Waals surface area contributed by atoms with Gasteiger partial charge in [0.15, 0.2) is 0 Å². The minimum absolute atomic E-state index is 0.0300. The lowest BCUT2D eigenvalue weighted by Gasteiger charge is -2.27. The van der Waals surface area contributed by atoms with E-state index in [-0.39, 0.29) is 17.2 Å². The summed E-state index contributed by atoms with van der Waals surface area (Å²) in [5, 5.41) is -0.0554. The summed E-state index contributed by atoms with van der Waals surface area (Å²) in [5.74, 6) is 1.36. The molecular formula is C19H20N2O4S. The van der Waals surface area contributed by atoms with Crippen molar-refractivity contribution in [2.45, 2.75) is 11.9 Å². The second kappa shape index (κ2) is 7.55. The molecule has 0 N–H and O–H groups in total. The number of morpholine rings is 1. The number of benzene rings is 1. The van der Waals surface area contributed by atoms with Crippen LogP contribution in [0.2, 0.25) is 0 Å². The Bertz CT molecular complexity index is 769. The highest BCUT2D eigenvalue weighted by Gasteiger charge is 2.33. The first-order chi connectivity index (χ1) is 12.7. The van der Waals surface area contributed by atoms with E-state index >= 15 is 0 Å². The second-order valence-corrected chi connectivity index (χ2v) is 7.36. The lowest BCUT2D eigenvalue weighted by molar-refractivity contribution is -0.128. The Balaban J connectivity index is 1.48. The van der Waals surface area contributed by atoms with E-state index in [0.29, 0.717) is 44.2 Å². The molecule has 2 aliphatic heterocycles. The summed E-state index contributed by atoms with van der Waals surface area (Å²) in [6, 6.07) is 11.3. The molecule has 0 aliphatic carbocycles. The Kier molecular flexibility index (Phi) is 4.99. The molecule has 2 saturated heterocycles. The zero-order chi connectivity index (χ0) is 17.9. The topological polar surface area (TPSA) is 63.0 Å². The molecule has 2 fully saturated rings. The molecule has 0 bridgehead atoms. The molecule has 2 amide bonds. The van der Waals surface area contributed by atoms with E-state index in [2.05, 4.69) is 0 Å². The molecule has 136 valence electrons. The summed E-state index contributed by atoms with van der Waals surface area (Å²) < 4.78 is 10.7. The highest BCUT2D eigenvalue weighted by Crippen LogP contribution is 2.39. The molecule has 4 rings (SSSR count). The Morgan fingerprint density at radius 1 is 1.15 bits per heavy atom. The fraction of sp³-hybridized carbons (Fsp3) is 0.368. The zero-order valence-electron chi connectivity index (χ0n) is 14.3. The molecule has 6 nitrogen and oxygen atoms in total. The fourth-order valence-corrected chi connectivity index (χ4v) is 4.40. The van der Waals surface area contributed by atoms with Gasteiger partial charge in [0.2, 0.25) is 5.91 Å². The third-order valence-corrected chi connectivity index (χ3v) is 5.87. The van der Waals surface area contributed by atoms with Gasteiger partial charge in [-0.15, -0.1) is 11.8 Å². The van der Waals surface area contributed by atoms with Gasteiger partial charge in [-0.1, -0.05) is 12.1 Å². The van der Waals surface area contributed by atoms with Crippen molar-refractivity contribution in [2.75, 3.05) is 32.1 Å². The fourth-order valence-electron chi connectivity index (χ4n) is 3.21. The molecule has 2 aliphatic rings. The van der Waals surface area contributed by atoms with Crippen molar-refractivity contribution >= 4 is 23.6 Å². The van der Waals surface area contributed by atoms with E-state index in [1.165, 1.54) is 0 Å². The van der Waals surface area contributed by atoms with Crippen molar-refractivity contribution in [1.82, 2.24) is 9.80 Å². The average molecular weight is 372 g/mol. The van der Waals surface area contributed by atoms with Crippen molar-refractivity contribution in [3.05, 3.63) is 59.5 Å². The first-order valence-corrected chi connectivity index (χ1v) is 9.68. The summed E-state index contributed by atoms with van der Waals surface area (Å²) in [7, 11) is 0. The number of hydrogen-bond donors (Lipinski definition) is 0. The van der Waals surface area contributed by atoms with Crippen LogP contribution in [0.25, 0.3) is 0 Å². The largest absolute Gasteiger partial charge is 0.467 e. The summed E-state index contributed by atoms with van der Waals surface area (Å²) in [4.78, 5) is 28.4. The van der Waals surface area contributed by atoms with Gasteiger partial charge in [-0.05, 0) is 29.8 Å². The molecule has 26 heavy (non-hydrogen) atoms. The third kappa shape index (κ3) is 3.50. The number of furan rings is 1. The van der Waals surface area contributed by atoms with E-state index in [4.69, 9.17) is 9.15 Å². The van der Waals surface area contributed by atoms with Crippen LogP contribution in [0.4, 0.5) is 0 Å². The molecule has 0 unspecified atom stereocenters. The van der Waals surface area contributed by atoms with Gasteiger partial charge in [-0.25, -0.2) is 0 Å². The average Bonchev–Trinajstić information content (AvgIpc) is 3.33. The first kappa shape index (κ1) is 17.2.